The number of aryl methyl sites for hydroxylation is 1. The first kappa shape index (κ1) is 14.5. The Balaban J connectivity index is 2.35. The molecule has 0 fully saturated rings. The average molecular weight is 344 g/mol. The van der Waals surface area contributed by atoms with Crippen LogP contribution in [0.15, 0.2) is 24.3 Å². The summed E-state index contributed by atoms with van der Waals surface area (Å²) in [6.07, 6.45) is 2.85. The van der Waals surface area contributed by atoms with Gasteiger partial charge in [0.15, 0.2) is 11.6 Å². The van der Waals surface area contributed by atoms with Gasteiger partial charge in [-0.3, -0.25) is 9.59 Å². The fraction of sp³-hybridized carbons (Fsp3) is 0.111. The summed E-state index contributed by atoms with van der Waals surface area (Å²) in [5.41, 5.74) is 4.12. The van der Waals surface area contributed by atoms with Gasteiger partial charge in [-0.1, -0.05) is 23.2 Å². The van der Waals surface area contributed by atoms with E-state index in [2.05, 4.69) is 5.32 Å². The van der Waals surface area contributed by atoms with Crippen molar-refractivity contribution in [1.82, 2.24) is 0 Å². The Morgan fingerprint density at radius 3 is 2.00 bits per heavy atom. The third-order valence-corrected chi connectivity index (χ3v) is 5.02. The lowest BCUT2D eigenvalue weighted by Gasteiger charge is -2.25. The maximum Gasteiger partial charge on any atom is 0.190 e. The molecule has 0 saturated carbocycles. The summed E-state index contributed by atoms with van der Waals surface area (Å²) in [5, 5.41) is 5.22. The summed E-state index contributed by atoms with van der Waals surface area (Å²) in [5.74, 6) is -0.320. The van der Waals surface area contributed by atoms with Gasteiger partial charge in [0.05, 0.1) is 15.6 Å². The zero-order valence-corrected chi connectivity index (χ0v) is 13.9. The highest BCUT2D eigenvalue weighted by atomic mass is 35.5. The Bertz CT molecular complexity index is 1020. The lowest BCUT2D eigenvalue weighted by atomic mass is 9.81. The molecule has 2 aliphatic rings. The zero-order chi connectivity index (χ0) is 16.5. The van der Waals surface area contributed by atoms with E-state index in [0.29, 0.717) is 37.7 Å². The number of nitrogens with one attached hydrogen (secondary N) is 1. The number of carbonyl (C=O) groups is 2. The van der Waals surface area contributed by atoms with Crippen molar-refractivity contribution in [3.8, 4) is 0 Å². The van der Waals surface area contributed by atoms with Gasteiger partial charge in [-0.05, 0) is 24.6 Å². The predicted molar refractivity (Wildman–Crippen MR) is 94.6 cm³/mol. The SMILES string of the molecule is CNc1cc2c3c(c(C)cc4c3c1C(=O)C=C4Cl)C(=O)C=C2Cl. The van der Waals surface area contributed by atoms with Crippen LogP contribution in [0.5, 0.6) is 0 Å². The van der Waals surface area contributed by atoms with Crippen molar-refractivity contribution in [1.29, 1.82) is 0 Å². The molecule has 0 saturated heterocycles. The first-order valence-corrected chi connectivity index (χ1v) is 7.85. The highest BCUT2D eigenvalue weighted by molar-refractivity contribution is 6.56. The summed E-state index contributed by atoms with van der Waals surface area (Å²) in [6.45, 7) is 1.87. The Morgan fingerprint density at radius 2 is 1.39 bits per heavy atom. The van der Waals surface area contributed by atoms with E-state index in [1.54, 1.807) is 7.05 Å². The molecule has 0 unspecified atom stereocenters. The van der Waals surface area contributed by atoms with E-state index in [-0.39, 0.29) is 11.6 Å². The van der Waals surface area contributed by atoms with E-state index in [1.807, 2.05) is 19.1 Å². The second-order valence-corrected chi connectivity index (χ2v) is 6.49. The van der Waals surface area contributed by atoms with Gasteiger partial charge in [-0.2, -0.15) is 0 Å². The Labute approximate surface area is 142 Å². The second kappa shape index (κ2) is 4.70. The maximum absolute atomic E-state index is 12.5. The minimum Gasteiger partial charge on any atom is -0.387 e. The molecule has 0 bridgehead atoms. The number of rotatable bonds is 1. The molecule has 1 N–H and O–H groups in total. The van der Waals surface area contributed by atoms with Crippen molar-refractivity contribution in [2.45, 2.75) is 6.92 Å². The van der Waals surface area contributed by atoms with E-state index < -0.39 is 0 Å². The number of ketones is 2. The van der Waals surface area contributed by atoms with Gasteiger partial charge < -0.3 is 5.32 Å². The molecule has 3 nitrogen and oxygen atoms in total. The fourth-order valence-electron chi connectivity index (χ4n) is 3.45. The van der Waals surface area contributed by atoms with Crippen LogP contribution in [0.3, 0.4) is 0 Å². The average Bonchev–Trinajstić information content (AvgIpc) is 2.50. The molecule has 23 heavy (non-hydrogen) atoms. The molecular formula is C18H11Cl2NO2. The molecule has 114 valence electrons. The van der Waals surface area contributed by atoms with Gasteiger partial charge in [0.1, 0.15) is 0 Å². The minimum atomic E-state index is -0.175. The van der Waals surface area contributed by atoms with Gasteiger partial charge in [0.2, 0.25) is 0 Å². The Morgan fingerprint density at radius 1 is 0.870 bits per heavy atom. The van der Waals surface area contributed by atoms with Gasteiger partial charge in [0.25, 0.3) is 0 Å². The summed E-state index contributed by atoms with van der Waals surface area (Å²) in [7, 11) is 1.75. The van der Waals surface area contributed by atoms with Crippen molar-refractivity contribution >= 4 is 61.3 Å². The van der Waals surface area contributed by atoms with Crippen molar-refractivity contribution in [2.75, 3.05) is 12.4 Å². The van der Waals surface area contributed by atoms with Crippen LogP contribution in [-0.2, 0) is 0 Å². The van der Waals surface area contributed by atoms with Gasteiger partial charge in [-0.15, -0.1) is 0 Å². The van der Waals surface area contributed by atoms with E-state index in [1.165, 1.54) is 12.2 Å². The zero-order valence-electron chi connectivity index (χ0n) is 12.4. The highest BCUT2D eigenvalue weighted by Gasteiger charge is 2.30. The largest absolute Gasteiger partial charge is 0.387 e. The summed E-state index contributed by atoms with van der Waals surface area (Å²) < 4.78 is 0. The van der Waals surface area contributed by atoms with Crippen LogP contribution in [-0.4, -0.2) is 18.6 Å². The first-order chi connectivity index (χ1) is 10.9. The van der Waals surface area contributed by atoms with Crippen LogP contribution in [0, 0.1) is 6.92 Å². The molecule has 2 aromatic carbocycles. The minimum absolute atomic E-state index is 0.146. The third kappa shape index (κ3) is 1.78. The predicted octanol–water partition coefficient (Wildman–Crippen LogP) is 4.74. The summed E-state index contributed by atoms with van der Waals surface area (Å²) >= 11 is 12.6. The maximum atomic E-state index is 12.5. The topological polar surface area (TPSA) is 46.2 Å². The molecule has 2 aliphatic carbocycles. The molecule has 5 heteroatoms. The number of hydrogen-bond donors (Lipinski definition) is 1. The van der Waals surface area contributed by atoms with Crippen LogP contribution >= 0.6 is 23.2 Å². The molecule has 2 aromatic rings. The van der Waals surface area contributed by atoms with Crippen molar-refractivity contribution in [2.24, 2.45) is 0 Å². The highest BCUT2D eigenvalue weighted by Crippen LogP contribution is 2.46. The van der Waals surface area contributed by atoms with E-state index >= 15 is 0 Å². The molecule has 0 heterocycles. The Hall–Kier alpha value is -2.10. The van der Waals surface area contributed by atoms with E-state index in [9.17, 15) is 9.59 Å². The van der Waals surface area contributed by atoms with Crippen molar-refractivity contribution in [3.63, 3.8) is 0 Å². The number of anilines is 1. The molecule has 0 amide bonds. The van der Waals surface area contributed by atoms with Crippen LogP contribution in [0.4, 0.5) is 5.69 Å². The molecule has 0 spiro atoms. The number of hydrogen-bond acceptors (Lipinski definition) is 3. The summed E-state index contributed by atoms with van der Waals surface area (Å²) in [4.78, 5) is 24.9. The van der Waals surface area contributed by atoms with Crippen molar-refractivity contribution < 1.29 is 9.59 Å². The van der Waals surface area contributed by atoms with Crippen LogP contribution < -0.4 is 5.32 Å². The van der Waals surface area contributed by atoms with Gasteiger partial charge in [0, 0.05) is 52.3 Å². The molecule has 0 radical (unpaired) electrons. The molecular weight excluding hydrogens is 333 g/mol. The Kier molecular flexibility index (Phi) is 2.96. The number of benzene rings is 2. The lowest BCUT2D eigenvalue weighted by Crippen LogP contribution is -2.14. The number of carbonyl (C=O) groups excluding carboxylic acids is 2. The van der Waals surface area contributed by atoms with Crippen LogP contribution in [0.1, 0.15) is 37.4 Å². The van der Waals surface area contributed by atoms with Gasteiger partial charge >= 0.3 is 0 Å². The molecule has 0 atom stereocenters. The summed E-state index contributed by atoms with van der Waals surface area (Å²) in [6, 6.07) is 3.68. The first-order valence-electron chi connectivity index (χ1n) is 7.10. The quantitative estimate of drug-likeness (QED) is 0.813. The number of allylic oxidation sites excluding steroid dienone is 2. The molecule has 0 aliphatic heterocycles. The lowest BCUT2D eigenvalue weighted by molar-refractivity contribution is 0.103. The fourth-order valence-corrected chi connectivity index (χ4v) is 3.94. The van der Waals surface area contributed by atoms with E-state index in [0.717, 1.165) is 16.7 Å². The van der Waals surface area contributed by atoms with Crippen LogP contribution in [0.25, 0.3) is 20.8 Å². The van der Waals surface area contributed by atoms with Crippen LogP contribution in [0.2, 0.25) is 0 Å². The normalized spacial score (nSPS) is 15.7. The van der Waals surface area contributed by atoms with Gasteiger partial charge in [-0.25, -0.2) is 0 Å². The smallest absolute Gasteiger partial charge is 0.190 e. The standard InChI is InChI=1S/C18H11Cl2NO2/c1-7-3-8-10(19)6-14(23)18-12(21-2)4-9-11(20)5-13(22)15(7)16(9)17(8)18/h3-6,21H,1-2H3. The third-order valence-electron chi connectivity index (χ3n) is 4.39. The molecule has 4 rings (SSSR count). The molecule has 0 aromatic heterocycles. The van der Waals surface area contributed by atoms with E-state index in [4.69, 9.17) is 23.2 Å². The number of halogens is 2. The van der Waals surface area contributed by atoms with Crippen molar-refractivity contribution in [3.05, 3.63) is 52.1 Å². The second-order valence-electron chi connectivity index (χ2n) is 5.68. The monoisotopic (exact) mass is 343 g/mol.